The molecule has 1 fully saturated rings. The first-order chi connectivity index (χ1) is 12.3. The van der Waals surface area contributed by atoms with E-state index >= 15 is 0 Å². The first kappa shape index (κ1) is 17.2. The quantitative estimate of drug-likeness (QED) is 0.577. The molecule has 4 unspecified atom stereocenters. The Morgan fingerprint density at radius 3 is 2.58 bits per heavy atom. The molecule has 138 valence electrons. The first-order valence-electron chi connectivity index (χ1n) is 8.61. The van der Waals surface area contributed by atoms with Gasteiger partial charge in [0.25, 0.3) is 6.04 Å². The van der Waals surface area contributed by atoms with Gasteiger partial charge in [0, 0.05) is 29.3 Å². The zero-order valence-electron chi connectivity index (χ0n) is 14.3. The molecule has 0 spiro atoms. The molecule has 1 aromatic carbocycles. The van der Waals surface area contributed by atoms with E-state index < -0.39 is 43.3 Å². The normalized spacial score (nSPS) is 35.4. The highest BCUT2D eigenvalue weighted by Crippen LogP contribution is 2.53. The number of fused-ring (bicyclic) bond motifs is 1. The van der Waals surface area contributed by atoms with E-state index in [1.165, 1.54) is 6.92 Å². The summed E-state index contributed by atoms with van der Waals surface area (Å²) in [6.07, 6.45) is 1.45. The largest absolute Gasteiger partial charge is 0.483 e. The molecule has 0 aromatic heterocycles. The second kappa shape index (κ2) is 5.64. The van der Waals surface area contributed by atoms with Gasteiger partial charge in [-0.2, -0.15) is 0 Å². The number of ketones is 1. The van der Waals surface area contributed by atoms with Crippen molar-refractivity contribution in [3.63, 3.8) is 0 Å². The average Bonchev–Trinajstić information content (AvgIpc) is 2.80. The predicted molar refractivity (Wildman–Crippen MR) is 92.9 cm³/mol. The summed E-state index contributed by atoms with van der Waals surface area (Å²) in [5.41, 5.74) is -0.418. The molecule has 2 aliphatic heterocycles. The van der Waals surface area contributed by atoms with Gasteiger partial charge in [0.2, 0.25) is 0 Å². The highest BCUT2D eigenvalue weighted by atomic mass is 32.2. The summed E-state index contributed by atoms with van der Waals surface area (Å²) in [5, 5.41) is 10.5. The molecule has 2 heterocycles. The van der Waals surface area contributed by atoms with Crippen molar-refractivity contribution >= 4 is 15.6 Å². The number of nitrogens with zero attached hydrogens (tertiary/aromatic N) is 1. The highest BCUT2D eigenvalue weighted by molar-refractivity contribution is 7.92. The van der Waals surface area contributed by atoms with Crippen LogP contribution in [-0.4, -0.2) is 41.8 Å². The number of nitro groups is 1. The van der Waals surface area contributed by atoms with Crippen molar-refractivity contribution in [2.75, 3.05) is 5.75 Å². The molecule has 1 aromatic rings. The fourth-order valence-corrected chi connectivity index (χ4v) is 7.40. The number of Topliss-reactive ketones (excluding diaryl/α,β-unsaturated/α-hetero) is 1. The maximum atomic E-state index is 13.0. The lowest BCUT2D eigenvalue weighted by Gasteiger charge is -2.44. The molecule has 4 rings (SSSR count). The number of carbonyl (C=O) groups is 1. The van der Waals surface area contributed by atoms with Crippen molar-refractivity contribution in [1.29, 1.82) is 0 Å². The van der Waals surface area contributed by atoms with Crippen LogP contribution in [0.1, 0.15) is 37.7 Å². The lowest BCUT2D eigenvalue weighted by atomic mass is 9.73. The van der Waals surface area contributed by atoms with E-state index in [1.807, 2.05) is 6.07 Å². The Balaban J connectivity index is 1.99. The van der Waals surface area contributed by atoms with Crippen molar-refractivity contribution < 1.29 is 22.9 Å². The third-order valence-electron chi connectivity index (χ3n) is 5.78. The fraction of sp³-hybridized carbons (Fsp3) is 0.500. The molecule has 0 N–H and O–H groups in total. The maximum absolute atomic E-state index is 13.0. The number of carbonyl (C=O) groups excluding carboxylic acids is 1. The lowest BCUT2D eigenvalue weighted by molar-refractivity contribution is -0.537. The van der Waals surface area contributed by atoms with Crippen LogP contribution in [0.5, 0.6) is 0 Å². The monoisotopic (exact) mass is 377 g/mol. The third-order valence-corrected chi connectivity index (χ3v) is 8.08. The minimum Gasteiger partial charge on any atom is -0.483 e. The number of benzene rings is 1. The Hall–Kier alpha value is -2.22. The molecule has 0 amide bonds. The predicted octanol–water partition coefficient (Wildman–Crippen LogP) is 2.01. The maximum Gasteiger partial charge on any atom is 0.266 e. The Morgan fingerprint density at radius 1 is 1.23 bits per heavy atom. The molecule has 0 bridgehead atoms. The van der Waals surface area contributed by atoms with Gasteiger partial charge < -0.3 is 4.74 Å². The van der Waals surface area contributed by atoms with Gasteiger partial charge in [0.15, 0.2) is 21.2 Å². The van der Waals surface area contributed by atoms with Gasteiger partial charge in [0.05, 0.1) is 0 Å². The van der Waals surface area contributed by atoms with Crippen molar-refractivity contribution in [1.82, 2.24) is 0 Å². The second-order valence-corrected chi connectivity index (χ2v) is 9.51. The van der Waals surface area contributed by atoms with E-state index in [1.54, 1.807) is 24.3 Å². The van der Waals surface area contributed by atoms with Crippen molar-refractivity contribution in [2.24, 2.45) is 0 Å². The van der Waals surface area contributed by atoms with Crippen LogP contribution in [-0.2, 0) is 19.4 Å². The van der Waals surface area contributed by atoms with Crippen LogP contribution in [0.3, 0.4) is 0 Å². The molecular weight excluding hydrogens is 358 g/mol. The number of hydrogen-bond donors (Lipinski definition) is 0. The summed E-state index contributed by atoms with van der Waals surface area (Å²) in [6, 6.07) is 7.57. The molecule has 1 aliphatic carbocycles. The number of hydrogen-bond acceptors (Lipinski definition) is 6. The smallest absolute Gasteiger partial charge is 0.266 e. The summed E-state index contributed by atoms with van der Waals surface area (Å²) >= 11 is 0. The van der Waals surface area contributed by atoms with E-state index in [2.05, 4.69) is 0 Å². The van der Waals surface area contributed by atoms with E-state index in [9.17, 15) is 23.3 Å². The molecule has 8 heteroatoms. The summed E-state index contributed by atoms with van der Waals surface area (Å²) in [4.78, 5) is 23.7. The van der Waals surface area contributed by atoms with Crippen molar-refractivity contribution in [3.05, 3.63) is 57.3 Å². The van der Waals surface area contributed by atoms with Gasteiger partial charge in [-0.3, -0.25) is 14.9 Å². The Kier molecular flexibility index (Phi) is 3.73. The number of ether oxygens (including phenoxy) is 1. The Bertz CT molecular complexity index is 922. The zero-order chi connectivity index (χ0) is 18.7. The van der Waals surface area contributed by atoms with E-state index in [0.29, 0.717) is 36.2 Å². The van der Waals surface area contributed by atoms with E-state index in [4.69, 9.17) is 4.74 Å². The molecule has 3 aliphatic rings. The van der Waals surface area contributed by atoms with Crippen molar-refractivity contribution in [2.45, 2.75) is 49.0 Å². The minimum absolute atomic E-state index is 0.123. The SMILES string of the molecule is CC12OC3=C(C(=O)CCC3)C(c3ccccc3)C1S(=O)(=O)CC2[N+](=O)[O-]. The average molecular weight is 377 g/mol. The van der Waals surface area contributed by atoms with Crippen LogP contribution in [0.4, 0.5) is 0 Å². The highest BCUT2D eigenvalue weighted by Gasteiger charge is 2.69. The van der Waals surface area contributed by atoms with Gasteiger partial charge in [-0.15, -0.1) is 0 Å². The van der Waals surface area contributed by atoms with Crippen LogP contribution >= 0.6 is 0 Å². The second-order valence-electron chi connectivity index (χ2n) is 7.34. The van der Waals surface area contributed by atoms with Crippen molar-refractivity contribution in [3.8, 4) is 0 Å². The first-order valence-corrected chi connectivity index (χ1v) is 10.3. The molecular formula is C18H19NO6S. The molecule has 0 radical (unpaired) electrons. The summed E-state index contributed by atoms with van der Waals surface area (Å²) in [5.74, 6) is -0.994. The van der Waals surface area contributed by atoms with E-state index in [-0.39, 0.29) is 5.78 Å². The topological polar surface area (TPSA) is 104 Å². The van der Waals surface area contributed by atoms with Gasteiger partial charge in [0.1, 0.15) is 16.8 Å². The molecule has 0 saturated carbocycles. The minimum atomic E-state index is -3.82. The Morgan fingerprint density at radius 2 is 1.92 bits per heavy atom. The third kappa shape index (κ3) is 2.31. The Labute approximate surface area is 151 Å². The molecule has 1 saturated heterocycles. The molecule has 7 nitrogen and oxygen atoms in total. The van der Waals surface area contributed by atoms with Crippen LogP contribution < -0.4 is 0 Å². The fourth-order valence-electron chi connectivity index (χ4n) is 4.68. The molecule has 4 atom stereocenters. The van der Waals surface area contributed by atoms with Crippen LogP contribution in [0, 0.1) is 10.1 Å². The van der Waals surface area contributed by atoms with Crippen LogP contribution in [0.15, 0.2) is 41.7 Å². The van der Waals surface area contributed by atoms with Gasteiger partial charge in [-0.25, -0.2) is 8.42 Å². The summed E-state index contributed by atoms with van der Waals surface area (Å²) < 4.78 is 31.9. The van der Waals surface area contributed by atoms with Gasteiger partial charge >= 0.3 is 0 Å². The van der Waals surface area contributed by atoms with Crippen LogP contribution in [0.25, 0.3) is 0 Å². The van der Waals surface area contributed by atoms with Gasteiger partial charge in [-0.05, 0) is 18.9 Å². The molecule has 26 heavy (non-hydrogen) atoms. The van der Waals surface area contributed by atoms with E-state index in [0.717, 1.165) is 0 Å². The number of rotatable bonds is 2. The number of allylic oxidation sites excluding steroid dienone is 2. The summed E-state index contributed by atoms with van der Waals surface area (Å²) in [6.45, 7) is 1.51. The van der Waals surface area contributed by atoms with Crippen LogP contribution in [0.2, 0.25) is 0 Å². The standard InChI is InChI=1S/C18H19NO6S/c1-18-14(19(21)22)10-26(23,24)17(18)15(11-6-3-2-4-7-11)16-12(20)8-5-9-13(16)25-18/h2-4,6-7,14-15,17H,5,8-10H2,1H3. The van der Waals surface area contributed by atoms with Gasteiger partial charge in [-0.1, -0.05) is 30.3 Å². The number of sulfone groups is 1. The zero-order valence-corrected chi connectivity index (χ0v) is 15.1. The lowest BCUT2D eigenvalue weighted by Crippen LogP contribution is -2.56. The summed E-state index contributed by atoms with van der Waals surface area (Å²) in [7, 11) is -3.82.